The number of phenols is 2. The Hall–Kier alpha value is -3.09. The zero-order chi connectivity index (χ0) is 15.4. The second kappa shape index (κ2) is 5.91. The molecule has 0 aliphatic heterocycles. The fraction of sp³-hybridized carbons (Fsp3) is 0.0714. The number of nitro groups is 1. The molecule has 0 amide bonds. The quantitative estimate of drug-likeness (QED) is 0.347. The van der Waals surface area contributed by atoms with Gasteiger partial charge in [0.25, 0.3) is 5.69 Å². The van der Waals surface area contributed by atoms with Gasteiger partial charge in [-0.2, -0.15) is 5.10 Å². The Bertz CT molecular complexity index is 696. The highest BCUT2D eigenvalue weighted by atomic mass is 16.6. The lowest BCUT2D eigenvalue weighted by Crippen LogP contribution is -2.00. The average Bonchev–Trinajstić information content (AvgIpc) is 2.47. The number of rotatable bonds is 4. The van der Waals surface area contributed by atoms with Crippen molar-refractivity contribution in [2.24, 2.45) is 5.10 Å². The lowest BCUT2D eigenvalue weighted by Gasteiger charge is -2.06. The van der Waals surface area contributed by atoms with Gasteiger partial charge in [-0.1, -0.05) is 0 Å². The molecule has 0 saturated carbocycles. The van der Waals surface area contributed by atoms with Crippen molar-refractivity contribution in [1.82, 2.24) is 0 Å². The van der Waals surface area contributed by atoms with Crippen LogP contribution in [0.2, 0.25) is 0 Å². The van der Waals surface area contributed by atoms with Crippen LogP contribution in [-0.4, -0.2) is 20.8 Å². The highest BCUT2D eigenvalue weighted by molar-refractivity contribution is 6.01. The van der Waals surface area contributed by atoms with Crippen LogP contribution in [-0.2, 0) is 0 Å². The van der Waals surface area contributed by atoms with E-state index in [-0.39, 0.29) is 17.2 Å². The van der Waals surface area contributed by atoms with E-state index in [0.29, 0.717) is 17.0 Å². The minimum atomic E-state index is -0.483. The zero-order valence-corrected chi connectivity index (χ0v) is 11.1. The predicted molar refractivity (Wildman–Crippen MR) is 78.7 cm³/mol. The maximum atomic E-state index is 10.5. The normalized spacial score (nSPS) is 11.2. The first-order chi connectivity index (χ1) is 9.97. The molecule has 108 valence electrons. The van der Waals surface area contributed by atoms with Crippen LogP contribution >= 0.6 is 0 Å². The van der Waals surface area contributed by atoms with E-state index in [2.05, 4.69) is 10.5 Å². The summed E-state index contributed by atoms with van der Waals surface area (Å²) in [5, 5.41) is 33.7. The number of hydrogen-bond donors (Lipinski definition) is 3. The number of anilines is 1. The van der Waals surface area contributed by atoms with Crippen LogP contribution in [0.3, 0.4) is 0 Å². The van der Waals surface area contributed by atoms with Crippen molar-refractivity contribution in [3.05, 3.63) is 58.1 Å². The summed E-state index contributed by atoms with van der Waals surface area (Å²) in [6.07, 6.45) is 0. The SMILES string of the molecule is C/C(=N\Nc1ccc([N+](=O)[O-])cc1)c1cc(O)ccc1O. The number of phenolic OH excluding ortho intramolecular Hbond substituents is 2. The summed E-state index contributed by atoms with van der Waals surface area (Å²) in [5.74, 6) is 0.0206. The van der Waals surface area contributed by atoms with E-state index < -0.39 is 4.92 Å². The first kappa shape index (κ1) is 14.3. The van der Waals surface area contributed by atoms with Crippen LogP contribution < -0.4 is 5.43 Å². The van der Waals surface area contributed by atoms with Crippen LogP contribution in [0.4, 0.5) is 11.4 Å². The molecule has 0 bridgehead atoms. The van der Waals surface area contributed by atoms with E-state index >= 15 is 0 Å². The minimum Gasteiger partial charge on any atom is -0.508 e. The molecule has 21 heavy (non-hydrogen) atoms. The number of benzene rings is 2. The number of nitrogens with one attached hydrogen (secondary N) is 1. The Morgan fingerprint density at radius 1 is 1.19 bits per heavy atom. The molecule has 0 aromatic heterocycles. The molecule has 7 heteroatoms. The number of hydrogen-bond acceptors (Lipinski definition) is 6. The number of nitro benzene ring substituents is 1. The van der Waals surface area contributed by atoms with Crippen molar-refractivity contribution in [3.8, 4) is 11.5 Å². The van der Waals surface area contributed by atoms with E-state index in [1.54, 1.807) is 6.92 Å². The fourth-order valence-corrected chi connectivity index (χ4v) is 1.68. The van der Waals surface area contributed by atoms with Crippen LogP contribution in [0.1, 0.15) is 12.5 Å². The topological polar surface area (TPSA) is 108 Å². The Morgan fingerprint density at radius 3 is 2.48 bits per heavy atom. The van der Waals surface area contributed by atoms with Gasteiger partial charge in [-0.25, -0.2) is 0 Å². The van der Waals surface area contributed by atoms with Gasteiger partial charge < -0.3 is 10.2 Å². The molecule has 2 aromatic rings. The second-order valence-corrected chi connectivity index (χ2v) is 4.31. The largest absolute Gasteiger partial charge is 0.508 e. The summed E-state index contributed by atoms with van der Waals surface area (Å²) in [5.41, 5.74) is 4.14. The third-order valence-electron chi connectivity index (χ3n) is 2.80. The molecule has 2 aromatic carbocycles. The second-order valence-electron chi connectivity index (χ2n) is 4.31. The van der Waals surface area contributed by atoms with E-state index in [4.69, 9.17) is 0 Å². The molecule has 0 aliphatic carbocycles. The van der Waals surface area contributed by atoms with Gasteiger partial charge in [0.15, 0.2) is 0 Å². The van der Waals surface area contributed by atoms with Crippen molar-refractivity contribution in [1.29, 1.82) is 0 Å². The molecule has 7 nitrogen and oxygen atoms in total. The van der Waals surface area contributed by atoms with E-state index in [1.807, 2.05) is 0 Å². The van der Waals surface area contributed by atoms with Crippen molar-refractivity contribution in [2.45, 2.75) is 6.92 Å². The number of hydrazone groups is 1. The molecule has 0 atom stereocenters. The smallest absolute Gasteiger partial charge is 0.269 e. The first-order valence-corrected chi connectivity index (χ1v) is 6.04. The number of aromatic hydroxyl groups is 2. The van der Waals surface area contributed by atoms with Gasteiger partial charge in [-0.3, -0.25) is 15.5 Å². The summed E-state index contributed by atoms with van der Waals surface area (Å²) in [7, 11) is 0. The highest BCUT2D eigenvalue weighted by Gasteiger charge is 2.06. The Kier molecular flexibility index (Phi) is 4.03. The monoisotopic (exact) mass is 287 g/mol. The van der Waals surface area contributed by atoms with Crippen molar-refractivity contribution < 1.29 is 15.1 Å². The number of nitrogens with zero attached hydrogens (tertiary/aromatic N) is 2. The molecule has 0 fully saturated rings. The fourth-order valence-electron chi connectivity index (χ4n) is 1.68. The Morgan fingerprint density at radius 2 is 1.86 bits per heavy atom. The highest BCUT2D eigenvalue weighted by Crippen LogP contribution is 2.23. The van der Waals surface area contributed by atoms with Gasteiger partial charge in [0.1, 0.15) is 11.5 Å². The summed E-state index contributed by atoms with van der Waals surface area (Å²) < 4.78 is 0. The van der Waals surface area contributed by atoms with Gasteiger partial charge in [0.2, 0.25) is 0 Å². The maximum absolute atomic E-state index is 10.5. The molecule has 0 heterocycles. The van der Waals surface area contributed by atoms with Gasteiger partial charge in [-0.05, 0) is 37.3 Å². The van der Waals surface area contributed by atoms with E-state index in [1.165, 1.54) is 42.5 Å². The maximum Gasteiger partial charge on any atom is 0.269 e. The zero-order valence-electron chi connectivity index (χ0n) is 11.1. The summed E-state index contributed by atoms with van der Waals surface area (Å²) in [4.78, 5) is 10.1. The molecular formula is C14H13N3O4. The number of non-ortho nitro benzene ring substituents is 1. The Balaban J connectivity index is 2.16. The standard InChI is InChI=1S/C14H13N3O4/c1-9(13-8-12(18)6-7-14(13)19)15-16-10-2-4-11(5-3-10)17(20)21/h2-8,16,18-19H,1H3/b15-9+. The summed E-state index contributed by atoms with van der Waals surface area (Å²) >= 11 is 0. The van der Waals surface area contributed by atoms with Gasteiger partial charge >= 0.3 is 0 Å². The van der Waals surface area contributed by atoms with Crippen LogP contribution in [0, 0.1) is 10.1 Å². The lowest BCUT2D eigenvalue weighted by molar-refractivity contribution is -0.384. The van der Waals surface area contributed by atoms with Gasteiger partial charge in [0, 0.05) is 17.7 Å². The molecule has 0 aliphatic rings. The molecule has 0 unspecified atom stereocenters. The first-order valence-electron chi connectivity index (χ1n) is 6.04. The third-order valence-corrected chi connectivity index (χ3v) is 2.80. The minimum absolute atomic E-state index is 0.000417. The third kappa shape index (κ3) is 3.47. The predicted octanol–water partition coefficient (Wildman–Crippen LogP) is 2.84. The van der Waals surface area contributed by atoms with Crippen molar-refractivity contribution >= 4 is 17.1 Å². The van der Waals surface area contributed by atoms with E-state index in [9.17, 15) is 20.3 Å². The van der Waals surface area contributed by atoms with E-state index in [0.717, 1.165) is 0 Å². The van der Waals surface area contributed by atoms with Gasteiger partial charge in [0.05, 0.1) is 16.3 Å². The molecule has 0 radical (unpaired) electrons. The molecule has 0 saturated heterocycles. The van der Waals surface area contributed by atoms with Crippen molar-refractivity contribution in [2.75, 3.05) is 5.43 Å². The lowest BCUT2D eigenvalue weighted by atomic mass is 10.1. The molecule has 2 rings (SSSR count). The average molecular weight is 287 g/mol. The molecule has 0 spiro atoms. The Labute approximate surface area is 120 Å². The van der Waals surface area contributed by atoms with Crippen LogP contribution in [0.15, 0.2) is 47.6 Å². The molecule has 3 N–H and O–H groups in total. The van der Waals surface area contributed by atoms with Crippen molar-refractivity contribution in [3.63, 3.8) is 0 Å². The van der Waals surface area contributed by atoms with Crippen LogP contribution in [0.25, 0.3) is 0 Å². The molecular weight excluding hydrogens is 274 g/mol. The van der Waals surface area contributed by atoms with Gasteiger partial charge in [-0.15, -0.1) is 0 Å². The summed E-state index contributed by atoms with van der Waals surface area (Å²) in [6.45, 7) is 1.66. The van der Waals surface area contributed by atoms with Crippen LogP contribution in [0.5, 0.6) is 11.5 Å². The summed E-state index contributed by atoms with van der Waals surface area (Å²) in [6, 6.07) is 9.91.